The van der Waals surface area contributed by atoms with Crippen LogP contribution >= 0.6 is 0 Å². The summed E-state index contributed by atoms with van der Waals surface area (Å²) in [7, 11) is 0. The molecule has 1 aromatic carbocycles. The first-order chi connectivity index (χ1) is 17.2. The maximum Gasteiger partial charge on any atom is 0.274 e. The fourth-order valence-electron chi connectivity index (χ4n) is 4.70. The second kappa shape index (κ2) is 11.0. The van der Waals surface area contributed by atoms with Crippen LogP contribution in [0, 0.1) is 5.82 Å². The second-order valence-electron chi connectivity index (χ2n) is 9.06. The monoisotopic (exact) mass is 478 g/mol. The maximum absolute atomic E-state index is 15.2. The minimum absolute atomic E-state index is 0.225. The lowest BCUT2D eigenvalue weighted by Gasteiger charge is -2.31. The van der Waals surface area contributed by atoms with Gasteiger partial charge in [-0.15, -0.1) is 0 Å². The molecular formula is C26H31FN6O2. The number of carbonyl (C=O) groups is 1. The Hall–Kier alpha value is -3.30. The molecule has 0 bridgehead atoms. The third kappa shape index (κ3) is 5.68. The van der Waals surface area contributed by atoms with Crippen molar-refractivity contribution in [1.82, 2.24) is 20.1 Å². The Labute approximate surface area is 204 Å². The van der Waals surface area contributed by atoms with Crippen LogP contribution in [0.2, 0.25) is 0 Å². The number of H-pyrrole nitrogens is 1. The van der Waals surface area contributed by atoms with Crippen molar-refractivity contribution in [1.29, 1.82) is 0 Å². The van der Waals surface area contributed by atoms with Crippen molar-refractivity contribution in [3.63, 3.8) is 0 Å². The van der Waals surface area contributed by atoms with Crippen molar-refractivity contribution in [3.05, 3.63) is 59.8 Å². The molecule has 2 aliphatic rings. The highest BCUT2D eigenvalue weighted by atomic mass is 19.1. The average molecular weight is 479 g/mol. The van der Waals surface area contributed by atoms with Crippen LogP contribution in [0.15, 0.2) is 42.7 Å². The largest absolute Gasteiger partial charge is 0.379 e. The first-order valence-corrected chi connectivity index (χ1v) is 12.3. The number of halogens is 1. The molecule has 1 amide bonds. The number of benzene rings is 1. The van der Waals surface area contributed by atoms with Crippen molar-refractivity contribution >= 4 is 17.3 Å². The maximum atomic E-state index is 15.2. The van der Waals surface area contributed by atoms with Crippen LogP contribution < -0.4 is 10.2 Å². The summed E-state index contributed by atoms with van der Waals surface area (Å²) in [5.74, 6) is -0.545. The molecule has 184 valence electrons. The zero-order valence-electron chi connectivity index (χ0n) is 19.8. The number of pyridine rings is 1. The Morgan fingerprint density at radius 2 is 1.94 bits per heavy atom. The number of nitrogens with one attached hydrogen (secondary N) is 2. The molecule has 4 heterocycles. The summed E-state index contributed by atoms with van der Waals surface area (Å²) in [6, 6.07) is 8.71. The first-order valence-electron chi connectivity index (χ1n) is 12.3. The van der Waals surface area contributed by atoms with E-state index in [1.54, 1.807) is 36.7 Å². The number of rotatable bonds is 7. The minimum Gasteiger partial charge on any atom is -0.379 e. The molecule has 2 fully saturated rings. The van der Waals surface area contributed by atoms with E-state index in [9.17, 15) is 4.79 Å². The molecule has 3 aromatic rings. The van der Waals surface area contributed by atoms with Gasteiger partial charge in [0.15, 0.2) is 0 Å². The molecule has 0 atom stereocenters. The summed E-state index contributed by atoms with van der Waals surface area (Å²) >= 11 is 0. The summed E-state index contributed by atoms with van der Waals surface area (Å²) in [5.41, 5.74) is 3.73. The van der Waals surface area contributed by atoms with Gasteiger partial charge in [0.05, 0.1) is 36.5 Å². The number of nitrogens with zero attached hydrogens (tertiary/aromatic N) is 4. The number of aromatic nitrogens is 3. The van der Waals surface area contributed by atoms with Crippen LogP contribution in [-0.4, -0.2) is 71.9 Å². The van der Waals surface area contributed by atoms with Crippen molar-refractivity contribution in [2.24, 2.45) is 0 Å². The number of ether oxygens (including phenoxy) is 1. The van der Waals surface area contributed by atoms with E-state index in [1.807, 2.05) is 6.07 Å². The highest BCUT2D eigenvalue weighted by Gasteiger charge is 2.21. The average Bonchev–Trinajstić information content (AvgIpc) is 3.45. The van der Waals surface area contributed by atoms with E-state index in [-0.39, 0.29) is 11.7 Å². The number of morpholine rings is 1. The summed E-state index contributed by atoms with van der Waals surface area (Å²) in [6.45, 7) is 5.59. The smallest absolute Gasteiger partial charge is 0.274 e. The molecule has 2 N–H and O–H groups in total. The summed E-state index contributed by atoms with van der Waals surface area (Å²) in [5, 5.41) is 9.76. The SMILES string of the molecule is O=C(Nc1cc(CCN2CCOCC2)c(F)cc1N1CCCCC1)c1cccc(-c2cn[nH]c2)n1. The predicted molar refractivity (Wildman–Crippen MR) is 133 cm³/mol. The Balaban J connectivity index is 1.40. The second-order valence-corrected chi connectivity index (χ2v) is 9.06. The number of aromatic amines is 1. The van der Waals surface area contributed by atoms with Crippen LogP contribution in [0.25, 0.3) is 11.3 Å². The molecule has 2 aliphatic heterocycles. The topological polar surface area (TPSA) is 86.4 Å². The Bertz CT molecular complexity index is 1140. The molecule has 9 heteroatoms. The molecule has 0 saturated carbocycles. The number of carbonyl (C=O) groups excluding carboxylic acids is 1. The van der Waals surface area contributed by atoms with Gasteiger partial charge in [0, 0.05) is 44.5 Å². The number of hydrogen-bond donors (Lipinski definition) is 2. The molecule has 0 unspecified atom stereocenters. The van der Waals surface area contributed by atoms with Crippen LogP contribution in [0.3, 0.4) is 0 Å². The third-order valence-corrected chi connectivity index (χ3v) is 6.69. The van der Waals surface area contributed by atoms with Gasteiger partial charge in [-0.3, -0.25) is 14.8 Å². The van der Waals surface area contributed by atoms with Gasteiger partial charge < -0.3 is 15.0 Å². The van der Waals surface area contributed by atoms with Gasteiger partial charge in [0.2, 0.25) is 0 Å². The lowest BCUT2D eigenvalue weighted by Crippen LogP contribution is -2.37. The standard InChI is InChI=1S/C26H31FN6O2/c27-21-16-25(33-8-2-1-3-9-33)24(15-19(21)7-10-32-11-13-35-14-12-32)31-26(34)23-6-4-5-22(30-23)20-17-28-29-18-20/h4-6,15-18H,1-3,7-14H2,(H,28,29)(H,31,34). The normalized spacial score (nSPS) is 16.9. The molecule has 5 rings (SSSR count). The number of amides is 1. The van der Waals surface area contributed by atoms with Gasteiger partial charge in [-0.2, -0.15) is 5.10 Å². The predicted octanol–water partition coefficient (Wildman–Crippen LogP) is 3.73. The van der Waals surface area contributed by atoms with Crippen LogP contribution in [0.5, 0.6) is 0 Å². The molecule has 0 radical (unpaired) electrons. The molecule has 2 aromatic heterocycles. The van der Waals surface area contributed by atoms with Gasteiger partial charge in [-0.1, -0.05) is 6.07 Å². The van der Waals surface area contributed by atoms with E-state index in [4.69, 9.17) is 4.74 Å². The highest BCUT2D eigenvalue weighted by molar-refractivity contribution is 6.05. The van der Waals surface area contributed by atoms with Gasteiger partial charge in [0.25, 0.3) is 5.91 Å². The number of piperidine rings is 1. The zero-order chi connectivity index (χ0) is 24.0. The van der Waals surface area contributed by atoms with Crippen molar-refractivity contribution < 1.29 is 13.9 Å². The molecule has 35 heavy (non-hydrogen) atoms. The Kier molecular flexibility index (Phi) is 7.34. The number of hydrogen-bond acceptors (Lipinski definition) is 6. The fraction of sp³-hybridized carbons (Fsp3) is 0.423. The van der Waals surface area contributed by atoms with Crippen molar-refractivity contribution in [3.8, 4) is 11.3 Å². The number of anilines is 2. The van der Waals surface area contributed by atoms with Crippen LogP contribution in [0.1, 0.15) is 35.3 Å². The Morgan fingerprint density at radius 1 is 1.11 bits per heavy atom. The van der Waals surface area contributed by atoms with Gasteiger partial charge in [0.1, 0.15) is 11.5 Å². The molecule has 0 aliphatic carbocycles. The van der Waals surface area contributed by atoms with Gasteiger partial charge in [-0.25, -0.2) is 9.37 Å². The molecule has 2 saturated heterocycles. The van der Waals surface area contributed by atoms with E-state index < -0.39 is 0 Å². The Morgan fingerprint density at radius 3 is 2.71 bits per heavy atom. The van der Waals surface area contributed by atoms with E-state index >= 15 is 4.39 Å². The third-order valence-electron chi connectivity index (χ3n) is 6.69. The van der Waals surface area contributed by atoms with Crippen molar-refractivity contribution in [2.45, 2.75) is 25.7 Å². The van der Waals surface area contributed by atoms with E-state index in [1.165, 1.54) is 6.42 Å². The highest BCUT2D eigenvalue weighted by Crippen LogP contribution is 2.32. The molecule has 0 spiro atoms. The fourth-order valence-corrected chi connectivity index (χ4v) is 4.70. The summed E-state index contributed by atoms with van der Waals surface area (Å²) < 4.78 is 20.6. The van der Waals surface area contributed by atoms with Gasteiger partial charge >= 0.3 is 0 Å². The lowest BCUT2D eigenvalue weighted by molar-refractivity contribution is 0.0383. The van der Waals surface area contributed by atoms with E-state index in [2.05, 4.69) is 30.3 Å². The van der Waals surface area contributed by atoms with Crippen LogP contribution in [0.4, 0.5) is 15.8 Å². The summed E-state index contributed by atoms with van der Waals surface area (Å²) in [4.78, 5) is 22.2. The van der Waals surface area contributed by atoms with E-state index in [0.29, 0.717) is 42.3 Å². The molecule has 8 nitrogen and oxygen atoms in total. The molecular weight excluding hydrogens is 447 g/mol. The van der Waals surface area contributed by atoms with E-state index in [0.717, 1.165) is 56.8 Å². The lowest BCUT2D eigenvalue weighted by atomic mass is 10.0. The van der Waals surface area contributed by atoms with Crippen LogP contribution in [-0.2, 0) is 11.2 Å². The zero-order valence-corrected chi connectivity index (χ0v) is 19.8. The minimum atomic E-state index is -0.320. The van der Waals surface area contributed by atoms with Crippen molar-refractivity contribution in [2.75, 3.05) is 56.2 Å². The summed E-state index contributed by atoms with van der Waals surface area (Å²) in [6.07, 6.45) is 7.26. The van der Waals surface area contributed by atoms with Gasteiger partial charge in [-0.05, 0) is 55.5 Å². The quantitative estimate of drug-likeness (QED) is 0.538. The first kappa shape index (κ1) is 23.4.